The number of rotatable bonds is 3. The molecule has 4 rings (SSSR count). The van der Waals surface area contributed by atoms with E-state index in [9.17, 15) is 25.0 Å². The van der Waals surface area contributed by atoms with E-state index in [2.05, 4.69) is 10.3 Å². The van der Waals surface area contributed by atoms with Gasteiger partial charge in [0.25, 0.3) is 17.5 Å². The Kier molecular flexibility index (Phi) is 5.77. The lowest BCUT2D eigenvalue weighted by Gasteiger charge is -2.26. The lowest BCUT2D eigenvalue weighted by atomic mass is 10.0. The number of carbonyl (C=O) groups excluding carboxylic acids is 2. The molecule has 0 atom stereocenters. The van der Waals surface area contributed by atoms with Gasteiger partial charge < -0.3 is 10.2 Å². The summed E-state index contributed by atoms with van der Waals surface area (Å²) in [5, 5.41) is 23.4. The number of fused-ring (bicyclic) bond motifs is 1. The van der Waals surface area contributed by atoms with Crippen molar-refractivity contribution in [3.05, 3.63) is 80.9 Å². The predicted octanol–water partition coefficient (Wildman–Crippen LogP) is 3.03. The number of nitro groups is 1. The summed E-state index contributed by atoms with van der Waals surface area (Å²) in [6.07, 6.45) is 2.84. The van der Waals surface area contributed by atoms with E-state index in [4.69, 9.17) is 0 Å². The van der Waals surface area contributed by atoms with E-state index in [1.54, 1.807) is 29.2 Å². The van der Waals surface area contributed by atoms with Gasteiger partial charge in [-0.1, -0.05) is 30.3 Å². The molecule has 32 heavy (non-hydrogen) atoms. The maximum Gasteiger partial charge on any atom is 0.270 e. The van der Waals surface area contributed by atoms with Gasteiger partial charge in [0.1, 0.15) is 17.5 Å². The van der Waals surface area contributed by atoms with Crippen molar-refractivity contribution in [2.75, 3.05) is 13.1 Å². The number of benzene rings is 2. The first-order valence-corrected chi connectivity index (χ1v) is 10.2. The van der Waals surface area contributed by atoms with E-state index in [1.165, 1.54) is 24.3 Å². The van der Waals surface area contributed by atoms with Gasteiger partial charge in [-0.15, -0.1) is 0 Å². The van der Waals surface area contributed by atoms with Crippen LogP contribution in [-0.2, 0) is 4.79 Å². The van der Waals surface area contributed by atoms with Crippen molar-refractivity contribution in [1.82, 2.24) is 10.2 Å². The highest BCUT2D eigenvalue weighted by Gasteiger charge is 2.30. The average molecular weight is 429 g/mol. The van der Waals surface area contributed by atoms with Gasteiger partial charge >= 0.3 is 0 Å². The third-order valence-corrected chi connectivity index (χ3v) is 5.42. The molecule has 0 aliphatic carbocycles. The zero-order chi connectivity index (χ0) is 22.7. The fourth-order valence-corrected chi connectivity index (χ4v) is 3.81. The summed E-state index contributed by atoms with van der Waals surface area (Å²) in [7, 11) is 0. The quantitative estimate of drug-likeness (QED) is 0.347. The molecule has 0 spiro atoms. The molecule has 1 fully saturated rings. The smallest absolute Gasteiger partial charge is 0.270 e. The topological polar surface area (TPSA) is 129 Å². The first-order valence-electron chi connectivity index (χ1n) is 10.2. The minimum absolute atomic E-state index is 0.0704. The number of hydrogen-bond donors (Lipinski definition) is 1. The van der Waals surface area contributed by atoms with Crippen LogP contribution < -0.4 is 5.32 Å². The standard InChI is InChI=1S/C23H19N5O4/c24-14-19(23(30)27-11-4-1-5-12-27)20-17-9-2-3-10-18(17)21(25-20)26-22(29)15-7-6-8-16(13-15)28(31)32/h2-3,6-10,13H,1,4-5,11-12H2,(H,25,26,29). The number of nitrogens with zero attached hydrogens (tertiary/aromatic N) is 4. The van der Waals surface area contributed by atoms with E-state index in [1.807, 2.05) is 6.07 Å². The van der Waals surface area contributed by atoms with Crippen LogP contribution >= 0.6 is 0 Å². The number of amides is 2. The molecule has 0 aromatic heterocycles. The number of hydrogen-bond acceptors (Lipinski definition) is 6. The van der Waals surface area contributed by atoms with Gasteiger partial charge in [0.2, 0.25) is 0 Å². The van der Waals surface area contributed by atoms with Crippen LogP contribution in [0.2, 0.25) is 0 Å². The van der Waals surface area contributed by atoms with Crippen molar-refractivity contribution in [1.29, 1.82) is 5.26 Å². The Balaban J connectivity index is 1.69. The molecule has 0 bridgehead atoms. The first kappa shape index (κ1) is 20.9. The summed E-state index contributed by atoms with van der Waals surface area (Å²) in [5.41, 5.74) is 1.18. The number of amidine groups is 1. The SMILES string of the molecule is N#CC(C(=O)N1CCCCC1)=C1N=C(NC(=O)c2cccc([N+](=O)[O-])c2)c2ccccc21. The molecule has 1 saturated heterocycles. The second kappa shape index (κ2) is 8.81. The van der Waals surface area contributed by atoms with E-state index >= 15 is 0 Å². The van der Waals surface area contributed by atoms with Crippen LogP contribution in [0.3, 0.4) is 0 Å². The Morgan fingerprint density at radius 1 is 1.06 bits per heavy atom. The lowest BCUT2D eigenvalue weighted by molar-refractivity contribution is -0.384. The highest BCUT2D eigenvalue weighted by molar-refractivity contribution is 6.20. The second-order valence-electron chi connectivity index (χ2n) is 7.46. The largest absolute Gasteiger partial charge is 0.338 e. The van der Waals surface area contributed by atoms with Crippen molar-refractivity contribution in [3.63, 3.8) is 0 Å². The van der Waals surface area contributed by atoms with Crippen LogP contribution in [0.1, 0.15) is 40.7 Å². The van der Waals surface area contributed by atoms with Crippen LogP contribution in [0.5, 0.6) is 0 Å². The Hall–Kier alpha value is -4.32. The van der Waals surface area contributed by atoms with Crippen molar-refractivity contribution >= 4 is 29.0 Å². The molecular formula is C23H19N5O4. The second-order valence-corrected chi connectivity index (χ2v) is 7.46. The molecule has 9 nitrogen and oxygen atoms in total. The van der Waals surface area contributed by atoms with E-state index < -0.39 is 10.8 Å². The minimum Gasteiger partial charge on any atom is -0.338 e. The van der Waals surface area contributed by atoms with Gasteiger partial charge in [-0.25, -0.2) is 4.99 Å². The molecule has 2 aliphatic heterocycles. The molecule has 2 heterocycles. The minimum atomic E-state index is -0.579. The maximum atomic E-state index is 13.0. The predicted molar refractivity (Wildman–Crippen MR) is 117 cm³/mol. The van der Waals surface area contributed by atoms with E-state index in [-0.39, 0.29) is 34.3 Å². The molecule has 0 unspecified atom stereocenters. The Labute approximate surface area is 183 Å². The van der Waals surface area contributed by atoms with Crippen molar-refractivity contribution in [3.8, 4) is 6.07 Å². The summed E-state index contributed by atoms with van der Waals surface area (Å²) >= 11 is 0. The van der Waals surface area contributed by atoms with Gasteiger partial charge in [0.15, 0.2) is 0 Å². The summed E-state index contributed by atoms with van der Waals surface area (Å²) in [5.74, 6) is -0.761. The van der Waals surface area contributed by atoms with Gasteiger partial charge in [0, 0.05) is 41.9 Å². The molecule has 0 radical (unpaired) electrons. The third-order valence-electron chi connectivity index (χ3n) is 5.42. The van der Waals surface area contributed by atoms with Crippen LogP contribution in [0.4, 0.5) is 5.69 Å². The fraction of sp³-hybridized carbons (Fsp3) is 0.217. The molecule has 2 aliphatic rings. The summed E-state index contributed by atoms with van der Waals surface area (Å²) < 4.78 is 0. The Morgan fingerprint density at radius 2 is 1.78 bits per heavy atom. The highest BCUT2D eigenvalue weighted by Crippen LogP contribution is 2.31. The molecular weight excluding hydrogens is 410 g/mol. The molecule has 0 saturated carbocycles. The molecule has 2 amide bonds. The molecule has 160 valence electrons. The molecule has 9 heteroatoms. The summed E-state index contributed by atoms with van der Waals surface area (Å²) in [6, 6.07) is 14.3. The Morgan fingerprint density at radius 3 is 2.47 bits per heavy atom. The van der Waals surface area contributed by atoms with Crippen LogP contribution in [-0.4, -0.2) is 40.6 Å². The zero-order valence-corrected chi connectivity index (χ0v) is 17.1. The van der Waals surface area contributed by atoms with Gasteiger partial charge in [-0.05, 0) is 25.3 Å². The number of likely N-dealkylation sites (tertiary alicyclic amines) is 1. The maximum absolute atomic E-state index is 13.0. The highest BCUT2D eigenvalue weighted by atomic mass is 16.6. The zero-order valence-electron chi connectivity index (χ0n) is 17.1. The number of nitriles is 1. The summed E-state index contributed by atoms with van der Waals surface area (Å²) in [4.78, 5) is 42.3. The lowest BCUT2D eigenvalue weighted by Crippen LogP contribution is -2.36. The van der Waals surface area contributed by atoms with Crippen molar-refractivity contribution in [2.24, 2.45) is 4.99 Å². The van der Waals surface area contributed by atoms with Crippen LogP contribution in [0.25, 0.3) is 5.70 Å². The molecule has 2 aromatic carbocycles. The van der Waals surface area contributed by atoms with Gasteiger partial charge in [-0.2, -0.15) is 5.26 Å². The molecule has 1 N–H and O–H groups in total. The van der Waals surface area contributed by atoms with Gasteiger partial charge in [0.05, 0.1) is 10.6 Å². The molecule has 2 aromatic rings. The number of nitro benzene ring substituents is 1. The first-order chi connectivity index (χ1) is 15.5. The fourth-order valence-electron chi connectivity index (χ4n) is 3.81. The normalized spacial score (nSPS) is 16.5. The summed E-state index contributed by atoms with van der Waals surface area (Å²) in [6.45, 7) is 1.19. The number of piperidine rings is 1. The number of aliphatic imine (C=N–C) groups is 1. The third kappa shape index (κ3) is 3.98. The van der Waals surface area contributed by atoms with Crippen molar-refractivity contribution < 1.29 is 14.5 Å². The Bertz CT molecular complexity index is 1220. The monoisotopic (exact) mass is 429 g/mol. The number of non-ortho nitro benzene ring substituents is 1. The average Bonchev–Trinajstić information content (AvgIpc) is 3.18. The number of nitrogens with one attached hydrogen (secondary N) is 1. The van der Waals surface area contributed by atoms with Crippen molar-refractivity contribution in [2.45, 2.75) is 19.3 Å². The van der Waals surface area contributed by atoms with E-state index in [0.717, 1.165) is 19.3 Å². The van der Waals surface area contributed by atoms with Gasteiger partial charge in [-0.3, -0.25) is 19.7 Å². The number of carbonyl (C=O) groups is 2. The van der Waals surface area contributed by atoms with Crippen LogP contribution in [0, 0.1) is 21.4 Å². The van der Waals surface area contributed by atoms with E-state index in [0.29, 0.717) is 24.2 Å². The van der Waals surface area contributed by atoms with Crippen LogP contribution in [0.15, 0.2) is 59.1 Å².